The molecule has 4 atom stereocenters. The molecule has 4 N–H and O–H groups in total. The molecule has 0 bridgehead atoms. The van der Waals surface area contributed by atoms with Gasteiger partial charge in [0.2, 0.25) is 0 Å². The van der Waals surface area contributed by atoms with Gasteiger partial charge in [-0.05, 0) is 6.07 Å². The van der Waals surface area contributed by atoms with Crippen molar-refractivity contribution in [3.63, 3.8) is 0 Å². The maximum atomic E-state index is 11.0. The molecule has 14 heteroatoms. The predicted molar refractivity (Wildman–Crippen MR) is 104 cm³/mol. The summed E-state index contributed by atoms with van der Waals surface area (Å²) in [4.78, 5) is 24.4. The molecule has 0 spiro atoms. The van der Waals surface area contributed by atoms with E-state index in [-0.39, 0.29) is 28.9 Å². The van der Waals surface area contributed by atoms with Gasteiger partial charge in [0.15, 0.2) is 22.9 Å². The summed E-state index contributed by atoms with van der Waals surface area (Å²) in [7, 11) is 1.42. The van der Waals surface area contributed by atoms with Crippen LogP contribution in [-0.2, 0) is 11.3 Å². The van der Waals surface area contributed by atoms with E-state index in [4.69, 9.17) is 19.7 Å². The van der Waals surface area contributed by atoms with E-state index >= 15 is 0 Å². The number of nitro groups is 1. The van der Waals surface area contributed by atoms with Crippen LogP contribution in [0.25, 0.3) is 11.2 Å². The van der Waals surface area contributed by atoms with E-state index < -0.39 is 36.1 Å². The Morgan fingerprint density at radius 1 is 1.28 bits per heavy atom. The zero-order chi connectivity index (χ0) is 23.0. The number of nitro benzene ring substituents is 1. The Kier molecular flexibility index (Phi) is 5.75. The van der Waals surface area contributed by atoms with E-state index in [2.05, 4.69) is 9.97 Å². The number of methoxy groups -OCH3 is 1. The molecule has 3 heterocycles. The number of fused-ring (bicyclic) bond motifs is 1. The van der Waals surface area contributed by atoms with Crippen LogP contribution in [0.2, 0.25) is 0 Å². The predicted octanol–water partition coefficient (Wildman–Crippen LogP) is -1.13. The van der Waals surface area contributed by atoms with Gasteiger partial charge in [-0.1, -0.05) is 0 Å². The van der Waals surface area contributed by atoms with Gasteiger partial charge in [-0.25, -0.2) is 9.97 Å². The minimum atomic E-state index is -1.33. The van der Waals surface area contributed by atoms with Crippen LogP contribution in [0.5, 0.6) is 5.75 Å². The minimum Gasteiger partial charge on any atom is -0.496 e. The fraction of sp³-hybridized carbons (Fsp3) is 0.389. The second kappa shape index (κ2) is 8.51. The summed E-state index contributed by atoms with van der Waals surface area (Å²) in [5.74, 6) is 0.380. The first-order valence-corrected chi connectivity index (χ1v) is 9.41. The molecule has 4 rings (SSSR count). The zero-order valence-corrected chi connectivity index (χ0v) is 16.7. The Balaban J connectivity index is 1.60. The van der Waals surface area contributed by atoms with Gasteiger partial charge in [-0.15, -0.1) is 0 Å². The van der Waals surface area contributed by atoms with E-state index in [1.165, 1.54) is 42.5 Å². The van der Waals surface area contributed by atoms with Crippen molar-refractivity contribution < 1.29 is 34.6 Å². The summed E-state index contributed by atoms with van der Waals surface area (Å²) in [5.41, 5.74) is 0.399. The molecule has 14 nitrogen and oxygen atoms in total. The van der Waals surface area contributed by atoms with Crippen molar-refractivity contribution in [1.82, 2.24) is 19.3 Å². The van der Waals surface area contributed by atoms with Crippen LogP contribution in [0.3, 0.4) is 0 Å². The van der Waals surface area contributed by atoms with Crippen LogP contribution in [-0.4, -0.2) is 71.5 Å². The maximum Gasteiger partial charge on any atom is 0.270 e. The third-order valence-electron chi connectivity index (χ3n) is 5.12. The van der Waals surface area contributed by atoms with Crippen LogP contribution >= 0.6 is 0 Å². The van der Waals surface area contributed by atoms with Crippen molar-refractivity contribution in [3.8, 4) is 5.75 Å². The van der Waals surface area contributed by atoms with Crippen molar-refractivity contribution in [1.29, 1.82) is 5.41 Å². The third kappa shape index (κ3) is 3.64. The lowest BCUT2D eigenvalue weighted by Crippen LogP contribution is -2.33. The lowest BCUT2D eigenvalue weighted by atomic mass is 10.1. The number of non-ortho nitro benzene ring substituents is 1. The van der Waals surface area contributed by atoms with E-state index in [1.807, 2.05) is 0 Å². The number of aliphatic hydroxyl groups is 3. The fourth-order valence-corrected chi connectivity index (χ4v) is 3.44. The largest absolute Gasteiger partial charge is 0.496 e. The Hall–Kier alpha value is -3.59. The van der Waals surface area contributed by atoms with Crippen LogP contribution in [0.4, 0.5) is 5.69 Å². The van der Waals surface area contributed by atoms with Crippen LogP contribution < -0.4 is 15.1 Å². The first kappa shape index (κ1) is 21.6. The van der Waals surface area contributed by atoms with Crippen molar-refractivity contribution >= 4 is 16.9 Å². The molecule has 0 saturated carbocycles. The average Bonchev–Trinajstić information content (AvgIpc) is 3.34. The molecule has 0 amide bonds. The molecule has 1 fully saturated rings. The van der Waals surface area contributed by atoms with Gasteiger partial charge in [0.25, 0.3) is 5.69 Å². The van der Waals surface area contributed by atoms with E-state index in [0.29, 0.717) is 11.3 Å². The highest BCUT2D eigenvalue weighted by Gasteiger charge is 2.44. The summed E-state index contributed by atoms with van der Waals surface area (Å²) in [6.45, 7) is -0.627. The number of benzene rings is 1. The van der Waals surface area contributed by atoms with Crippen molar-refractivity contribution in [2.24, 2.45) is 0 Å². The summed E-state index contributed by atoms with van der Waals surface area (Å²) < 4.78 is 13.1. The molecule has 1 aromatic carbocycles. The number of nitrogens with one attached hydrogen (secondary N) is 1. The highest BCUT2D eigenvalue weighted by Crippen LogP contribution is 2.30. The molecule has 3 aromatic rings. The summed E-state index contributed by atoms with van der Waals surface area (Å²) >= 11 is 0. The topological polar surface area (TPSA) is 191 Å². The van der Waals surface area contributed by atoms with Gasteiger partial charge in [0.05, 0.1) is 25.0 Å². The maximum absolute atomic E-state index is 11.0. The third-order valence-corrected chi connectivity index (χ3v) is 5.12. The number of hydrogen-bond acceptors (Lipinski definition) is 11. The van der Waals surface area contributed by atoms with E-state index in [9.17, 15) is 25.4 Å². The van der Waals surface area contributed by atoms with Crippen molar-refractivity contribution in [2.75, 3.05) is 13.7 Å². The van der Waals surface area contributed by atoms with Crippen molar-refractivity contribution in [2.45, 2.75) is 31.1 Å². The molecular formula is C18H20N6O8. The molecular weight excluding hydrogens is 428 g/mol. The van der Waals surface area contributed by atoms with Crippen molar-refractivity contribution in [3.05, 3.63) is 52.0 Å². The lowest BCUT2D eigenvalue weighted by Gasteiger charge is -2.16. The Labute approximate surface area is 179 Å². The van der Waals surface area contributed by atoms with Crippen LogP contribution in [0.1, 0.15) is 11.8 Å². The van der Waals surface area contributed by atoms with Gasteiger partial charge < -0.3 is 29.6 Å². The van der Waals surface area contributed by atoms with Gasteiger partial charge in [0.1, 0.15) is 37.0 Å². The number of rotatable bonds is 7. The van der Waals surface area contributed by atoms with E-state index in [0.717, 1.165) is 4.73 Å². The number of aliphatic hydroxyl groups excluding tert-OH is 3. The molecule has 0 unspecified atom stereocenters. The molecule has 1 aliphatic heterocycles. The molecule has 0 aliphatic carbocycles. The molecule has 32 heavy (non-hydrogen) atoms. The van der Waals surface area contributed by atoms with Crippen LogP contribution in [0, 0.1) is 15.5 Å². The fourth-order valence-electron chi connectivity index (χ4n) is 3.44. The molecule has 170 valence electrons. The van der Waals surface area contributed by atoms with Crippen LogP contribution in [0.15, 0.2) is 30.9 Å². The Bertz CT molecular complexity index is 1210. The zero-order valence-electron chi connectivity index (χ0n) is 16.7. The minimum absolute atomic E-state index is 0.122. The van der Waals surface area contributed by atoms with Gasteiger partial charge in [-0.3, -0.25) is 20.1 Å². The molecule has 1 aliphatic rings. The molecule has 1 saturated heterocycles. The number of hydrogen-bond donors (Lipinski definition) is 4. The average molecular weight is 448 g/mol. The highest BCUT2D eigenvalue weighted by atomic mass is 16.7. The molecule has 2 aromatic heterocycles. The summed E-state index contributed by atoms with van der Waals surface area (Å²) in [6.07, 6.45) is -2.14. The summed E-state index contributed by atoms with van der Waals surface area (Å²) in [6, 6.07) is 4.07. The second-order valence-corrected chi connectivity index (χ2v) is 7.00. The first-order chi connectivity index (χ1) is 15.3. The van der Waals surface area contributed by atoms with E-state index in [1.54, 1.807) is 0 Å². The SMILES string of the molecule is COc1ccc([N+](=O)[O-])cc1COn1cnc2c(ncn2[C@@H]2O[C@H](CO)[C@@H](O)[C@H]2O)c1=N. The molecule has 0 radical (unpaired) electrons. The smallest absolute Gasteiger partial charge is 0.270 e. The number of aromatic nitrogens is 4. The second-order valence-electron chi connectivity index (χ2n) is 7.00. The number of nitrogens with zero attached hydrogens (tertiary/aromatic N) is 5. The quantitative estimate of drug-likeness (QED) is 0.254. The monoisotopic (exact) mass is 448 g/mol. The Morgan fingerprint density at radius 2 is 2.06 bits per heavy atom. The van der Waals surface area contributed by atoms with Gasteiger partial charge >= 0.3 is 0 Å². The first-order valence-electron chi connectivity index (χ1n) is 9.41. The lowest BCUT2D eigenvalue weighted by molar-refractivity contribution is -0.385. The van der Waals surface area contributed by atoms with Gasteiger partial charge in [0, 0.05) is 17.7 Å². The van der Waals surface area contributed by atoms with Gasteiger partial charge in [-0.2, -0.15) is 4.73 Å². The summed E-state index contributed by atoms with van der Waals surface area (Å²) in [5, 5.41) is 48.9. The standard InChI is InChI=1S/C18H20N6O8/c1-30-11-3-2-10(24(28)29)4-9(11)6-31-23-8-21-17-13(16(23)19)20-7-22(17)18-15(27)14(26)12(5-25)32-18/h2-4,7-8,12,14-15,18-19,25-27H,5-6H2,1H3/t12-,14-,15-,18-/m1/s1. The highest BCUT2D eigenvalue weighted by molar-refractivity contribution is 5.68. The Morgan fingerprint density at radius 3 is 2.72 bits per heavy atom. The number of ether oxygens (including phenoxy) is 2. The number of imidazole rings is 1. The normalized spacial score (nSPS) is 22.9.